The molecular weight excluding hydrogens is 194 g/mol. The van der Waals surface area contributed by atoms with Crippen LogP contribution in [-0.4, -0.2) is 36.8 Å². The van der Waals surface area contributed by atoms with E-state index in [4.69, 9.17) is 4.74 Å². The quantitative estimate of drug-likeness (QED) is 0.778. The van der Waals surface area contributed by atoms with Crippen LogP contribution in [0.3, 0.4) is 0 Å². The van der Waals surface area contributed by atoms with Crippen LogP contribution < -0.4 is 5.32 Å². The van der Waals surface area contributed by atoms with Gasteiger partial charge >= 0.3 is 0 Å². The van der Waals surface area contributed by atoms with Gasteiger partial charge in [0.25, 0.3) is 0 Å². The van der Waals surface area contributed by atoms with Crippen LogP contribution in [0, 0.1) is 0 Å². The number of rotatable bonds is 3. The van der Waals surface area contributed by atoms with Crippen LogP contribution in [0.5, 0.6) is 0 Å². The zero-order valence-electron chi connectivity index (χ0n) is 9.00. The van der Waals surface area contributed by atoms with Crippen LogP contribution in [0.15, 0.2) is 0 Å². The van der Waals surface area contributed by atoms with Crippen molar-refractivity contribution in [2.75, 3.05) is 19.5 Å². The average Bonchev–Trinajstić information content (AvgIpc) is 2.67. The first-order chi connectivity index (χ1) is 6.90. The monoisotopic (exact) mass is 215 g/mol. The van der Waals surface area contributed by atoms with Gasteiger partial charge in [0.1, 0.15) is 0 Å². The largest absolute Gasteiger partial charge is 0.380 e. The summed E-state index contributed by atoms with van der Waals surface area (Å²) in [5.74, 6) is 0. The zero-order valence-corrected chi connectivity index (χ0v) is 9.81. The minimum Gasteiger partial charge on any atom is -0.380 e. The Morgan fingerprint density at radius 2 is 2.14 bits per heavy atom. The molecule has 2 rings (SSSR count). The Labute approximate surface area is 91.2 Å². The third-order valence-corrected chi connectivity index (χ3v) is 4.54. The van der Waals surface area contributed by atoms with E-state index in [-0.39, 0.29) is 0 Å². The van der Waals surface area contributed by atoms with Crippen molar-refractivity contribution < 1.29 is 4.74 Å². The first kappa shape index (κ1) is 10.8. The fourth-order valence-electron chi connectivity index (χ4n) is 2.57. The molecule has 3 atom stereocenters. The predicted octanol–water partition coefficient (Wildman–Crippen LogP) is 2.04. The molecule has 1 saturated heterocycles. The first-order valence-corrected chi connectivity index (χ1v) is 7.05. The Balaban J connectivity index is 1.77. The normalized spacial score (nSPS) is 38.8. The van der Waals surface area contributed by atoms with Crippen molar-refractivity contribution in [2.45, 2.75) is 49.4 Å². The van der Waals surface area contributed by atoms with E-state index in [0.717, 1.165) is 24.5 Å². The molecule has 3 unspecified atom stereocenters. The highest BCUT2D eigenvalue weighted by Crippen LogP contribution is 2.29. The number of thioether (sulfide) groups is 1. The molecule has 14 heavy (non-hydrogen) atoms. The number of nitrogens with one attached hydrogen (secondary N) is 1. The maximum absolute atomic E-state index is 5.49. The fourth-order valence-corrected chi connectivity index (χ4v) is 3.52. The Morgan fingerprint density at radius 3 is 2.86 bits per heavy atom. The predicted molar refractivity (Wildman–Crippen MR) is 61.9 cm³/mol. The Morgan fingerprint density at radius 1 is 1.21 bits per heavy atom. The average molecular weight is 215 g/mol. The summed E-state index contributed by atoms with van der Waals surface area (Å²) in [6.45, 7) is 1.90. The first-order valence-electron chi connectivity index (χ1n) is 5.76. The highest BCUT2D eigenvalue weighted by molar-refractivity contribution is 7.99. The van der Waals surface area contributed by atoms with Crippen LogP contribution in [0.2, 0.25) is 0 Å². The van der Waals surface area contributed by atoms with E-state index in [2.05, 4.69) is 11.6 Å². The standard InChI is InChI=1S/C11H21NOS/c1-14-11-6-2-5-10(11)12-9-4-3-7-13-8-9/h9-12H,2-8H2,1H3. The molecule has 0 spiro atoms. The van der Waals surface area contributed by atoms with Crippen molar-refractivity contribution in [2.24, 2.45) is 0 Å². The summed E-state index contributed by atoms with van der Waals surface area (Å²) in [7, 11) is 0. The summed E-state index contributed by atoms with van der Waals surface area (Å²) in [6, 6.07) is 1.37. The number of hydrogen-bond donors (Lipinski definition) is 1. The lowest BCUT2D eigenvalue weighted by Crippen LogP contribution is -2.45. The second-order valence-electron chi connectivity index (χ2n) is 4.39. The van der Waals surface area contributed by atoms with Gasteiger partial charge in [-0.3, -0.25) is 0 Å². The van der Waals surface area contributed by atoms with Gasteiger partial charge in [-0.1, -0.05) is 6.42 Å². The lowest BCUT2D eigenvalue weighted by Gasteiger charge is -2.29. The lowest BCUT2D eigenvalue weighted by atomic mass is 10.1. The molecule has 0 bridgehead atoms. The second kappa shape index (κ2) is 5.38. The Kier molecular flexibility index (Phi) is 4.14. The summed E-state index contributed by atoms with van der Waals surface area (Å²) in [6.07, 6.45) is 8.93. The zero-order chi connectivity index (χ0) is 9.80. The minimum absolute atomic E-state index is 0.626. The molecule has 0 amide bonds. The lowest BCUT2D eigenvalue weighted by molar-refractivity contribution is 0.0668. The molecular formula is C11H21NOS. The van der Waals surface area contributed by atoms with E-state index in [1.807, 2.05) is 11.8 Å². The van der Waals surface area contributed by atoms with Gasteiger partial charge in [-0.05, 0) is 31.9 Å². The van der Waals surface area contributed by atoms with Crippen molar-refractivity contribution in [1.29, 1.82) is 0 Å². The van der Waals surface area contributed by atoms with Crippen molar-refractivity contribution in [3.63, 3.8) is 0 Å². The molecule has 1 aliphatic heterocycles. The molecule has 1 saturated carbocycles. The van der Waals surface area contributed by atoms with Gasteiger partial charge in [-0.2, -0.15) is 11.8 Å². The third kappa shape index (κ3) is 2.65. The minimum atomic E-state index is 0.626. The van der Waals surface area contributed by atoms with Crippen molar-refractivity contribution in [3.05, 3.63) is 0 Å². The van der Waals surface area contributed by atoms with E-state index in [1.165, 1.54) is 32.1 Å². The maximum atomic E-state index is 5.49. The van der Waals surface area contributed by atoms with Gasteiger partial charge < -0.3 is 10.1 Å². The summed E-state index contributed by atoms with van der Waals surface area (Å²) in [5, 5.41) is 4.62. The third-order valence-electron chi connectivity index (χ3n) is 3.37. The van der Waals surface area contributed by atoms with Crippen molar-refractivity contribution in [1.82, 2.24) is 5.32 Å². The molecule has 0 aromatic carbocycles. The van der Waals surface area contributed by atoms with Crippen molar-refractivity contribution in [3.8, 4) is 0 Å². The summed E-state index contributed by atoms with van der Waals surface area (Å²) in [4.78, 5) is 0. The number of ether oxygens (including phenoxy) is 1. The summed E-state index contributed by atoms with van der Waals surface area (Å²) >= 11 is 2.03. The molecule has 0 aromatic rings. The number of hydrogen-bond acceptors (Lipinski definition) is 3. The van der Waals surface area contributed by atoms with E-state index < -0.39 is 0 Å². The van der Waals surface area contributed by atoms with Gasteiger partial charge in [0.05, 0.1) is 6.61 Å². The molecule has 0 radical (unpaired) electrons. The Hall–Kier alpha value is 0.270. The molecule has 1 aliphatic carbocycles. The summed E-state index contributed by atoms with van der Waals surface area (Å²) < 4.78 is 5.49. The van der Waals surface area contributed by atoms with Crippen LogP contribution in [0.1, 0.15) is 32.1 Å². The van der Waals surface area contributed by atoms with Crippen LogP contribution in [0.4, 0.5) is 0 Å². The smallest absolute Gasteiger partial charge is 0.0619 e. The molecule has 2 fully saturated rings. The topological polar surface area (TPSA) is 21.3 Å². The molecule has 2 nitrogen and oxygen atoms in total. The van der Waals surface area contributed by atoms with Crippen LogP contribution >= 0.6 is 11.8 Å². The SMILES string of the molecule is CSC1CCCC1NC1CCCOC1. The van der Waals surface area contributed by atoms with E-state index in [1.54, 1.807) is 0 Å². The van der Waals surface area contributed by atoms with Crippen molar-refractivity contribution >= 4 is 11.8 Å². The van der Waals surface area contributed by atoms with E-state index >= 15 is 0 Å². The molecule has 0 aromatic heterocycles. The molecule has 82 valence electrons. The van der Waals surface area contributed by atoms with Gasteiger partial charge in [-0.15, -0.1) is 0 Å². The van der Waals surface area contributed by atoms with E-state index in [9.17, 15) is 0 Å². The fraction of sp³-hybridized carbons (Fsp3) is 1.00. The van der Waals surface area contributed by atoms with Gasteiger partial charge in [0.2, 0.25) is 0 Å². The van der Waals surface area contributed by atoms with Gasteiger partial charge in [0, 0.05) is 23.9 Å². The van der Waals surface area contributed by atoms with E-state index in [0.29, 0.717) is 6.04 Å². The highest BCUT2D eigenvalue weighted by atomic mass is 32.2. The summed E-state index contributed by atoms with van der Waals surface area (Å²) in [5.41, 5.74) is 0. The van der Waals surface area contributed by atoms with Gasteiger partial charge in [-0.25, -0.2) is 0 Å². The van der Waals surface area contributed by atoms with Crippen LogP contribution in [-0.2, 0) is 4.74 Å². The van der Waals surface area contributed by atoms with Crippen LogP contribution in [0.25, 0.3) is 0 Å². The Bertz CT molecular complexity index is 171. The molecule has 1 N–H and O–H groups in total. The molecule has 1 heterocycles. The highest BCUT2D eigenvalue weighted by Gasteiger charge is 2.28. The van der Waals surface area contributed by atoms with Gasteiger partial charge in [0.15, 0.2) is 0 Å². The maximum Gasteiger partial charge on any atom is 0.0619 e. The second-order valence-corrected chi connectivity index (χ2v) is 5.47. The molecule has 2 aliphatic rings. The molecule has 3 heteroatoms.